The first-order valence-corrected chi connectivity index (χ1v) is 3.65. The third-order valence-electron chi connectivity index (χ3n) is 2.49. The van der Waals surface area contributed by atoms with Crippen molar-refractivity contribution in [2.24, 2.45) is 11.3 Å². The molecule has 3 nitrogen and oxygen atoms in total. The molecule has 0 radical (unpaired) electrons. The van der Waals surface area contributed by atoms with Crippen molar-refractivity contribution in [3.63, 3.8) is 0 Å². The quantitative estimate of drug-likeness (QED) is 0.545. The zero-order valence-electron chi connectivity index (χ0n) is 6.71. The van der Waals surface area contributed by atoms with Crippen LogP contribution in [-0.2, 0) is 0 Å². The van der Waals surface area contributed by atoms with E-state index in [0.29, 0.717) is 0 Å². The van der Waals surface area contributed by atoms with Crippen LogP contribution in [0.5, 0.6) is 0 Å². The first-order valence-electron chi connectivity index (χ1n) is 3.65. The van der Waals surface area contributed by atoms with Gasteiger partial charge < -0.3 is 15.5 Å². The molecule has 0 aliphatic carbocycles. The number of halogens is 1. The summed E-state index contributed by atoms with van der Waals surface area (Å²) in [6, 6.07) is 0. The maximum atomic E-state index is 8.98. The van der Waals surface area contributed by atoms with Gasteiger partial charge in [-0.25, -0.2) is 0 Å². The highest BCUT2D eigenvalue weighted by molar-refractivity contribution is 5.85. The number of rotatable bonds is 2. The van der Waals surface area contributed by atoms with Crippen molar-refractivity contribution in [3.05, 3.63) is 0 Å². The highest BCUT2D eigenvalue weighted by atomic mass is 35.5. The van der Waals surface area contributed by atoms with Crippen LogP contribution in [0.4, 0.5) is 0 Å². The van der Waals surface area contributed by atoms with Crippen LogP contribution in [0, 0.1) is 11.3 Å². The first-order chi connectivity index (χ1) is 4.73. The Labute approximate surface area is 73.2 Å². The van der Waals surface area contributed by atoms with E-state index in [1.54, 1.807) is 0 Å². The van der Waals surface area contributed by atoms with E-state index in [-0.39, 0.29) is 37.0 Å². The van der Waals surface area contributed by atoms with Crippen LogP contribution < -0.4 is 5.32 Å². The Bertz CT molecular complexity index is 123. The lowest BCUT2D eigenvalue weighted by atomic mass is 9.81. The molecule has 1 aliphatic rings. The van der Waals surface area contributed by atoms with Gasteiger partial charge in [-0.05, 0) is 0 Å². The summed E-state index contributed by atoms with van der Waals surface area (Å²) < 4.78 is 0. The van der Waals surface area contributed by atoms with Crippen molar-refractivity contribution in [1.29, 1.82) is 0 Å². The molecule has 0 aromatic rings. The molecule has 1 fully saturated rings. The summed E-state index contributed by atoms with van der Waals surface area (Å²) in [5, 5.41) is 21.0. The topological polar surface area (TPSA) is 52.5 Å². The largest absolute Gasteiger partial charge is 0.396 e. The van der Waals surface area contributed by atoms with Crippen molar-refractivity contribution < 1.29 is 10.2 Å². The fraction of sp³-hybridized carbons (Fsp3) is 1.00. The standard InChI is InChI=1S/C7H15NO2.ClH/c1-7(5-10)4-8-2-6(7)3-9;/h6,8-10H,2-5H2,1H3;1H. The van der Waals surface area contributed by atoms with Crippen molar-refractivity contribution in [1.82, 2.24) is 5.32 Å². The van der Waals surface area contributed by atoms with Gasteiger partial charge in [-0.15, -0.1) is 12.4 Å². The van der Waals surface area contributed by atoms with Crippen LogP contribution in [-0.4, -0.2) is 36.5 Å². The molecule has 1 rings (SSSR count). The number of hydrogen-bond donors (Lipinski definition) is 3. The van der Waals surface area contributed by atoms with E-state index >= 15 is 0 Å². The SMILES string of the molecule is CC1(CO)CNCC1CO.Cl. The second kappa shape index (κ2) is 4.26. The van der Waals surface area contributed by atoms with Gasteiger partial charge in [-0.1, -0.05) is 6.92 Å². The minimum Gasteiger partial charge on any atom is -0.396 e. The fourth-order valence-corrected chi connectivity index (χ4v) is 1.39. The van der Waals surface area contributed by atoms with Gasteiger partial charge in [-0.3, -0.25) is 0 Å². The van der Waals surface area contributed by atoms with E-state index in [0.717, 1.165) is 13.1 Å². The van der Waals surface area contributed by atoms with Crippen molar-refractivity contribution in [3.8, 4) is 0 Å². The summed E-state index contributed by atoms with van der Waals surface area (Å²) in [6.07, 6.45) is 0. The van der Waals surface area contributed by atoms with E-state index in [1.807, 2.05) is 6.92 Å². The molecule has 0 amide bonds. The number of hydrogen-bond acceptors (Lipinski definition) is 3. The monoisotopic (exact) mass is 181 g/mol. The number of nitrogens with one attached hydrogen (secondary N) is 1. The average Bonchev–Trinajstić information content (AvgIpc) is 2.32. The van der Waals surface area contributed by atoms with Gasteiger partial charge in [-0.2, -0.15) is 0 Å². The molecule has 0 spiro atoms. The van der Waals surface area contributed by atoms with Crippen LogP contribution in [0.25, 0.3) is 0 Å². The van der Waals surface area contributed by atoms with Gasteiger partial charge in [0.2, 0.25) is 0 Å². The number of aliphatic hydroxyl groups excluding tert-OH is 2. The number of aliphatic hydroxyl groups is 2. The van der Waals surface area contributed by atoms with Crippen LogP contribution >= 0.6 is 12.4 Å². The molecular weight excluding hydrogens is 166 g/mol. The second-order valence-corrected chi connectivity index (χ2v) is 3.32. The normalized spacial score (nSPS) is 36.8. The molecule has 0 aromatic carbocycles. The van der Waals surface area contributed by atoms with E-state index in [9.17, 15) is 0 Å². The van der Waals surface area contributed by atoms with Crippen molar-refractivity contribution >= 4 is 12.4 Å². The lowest BCUT2D eigenvalue weighted by Gasteiger charge is -2.26. The summed E-state index contributed by atoms with van der Waals surface area (Å²) in [7, 11) is 0. The summed E-state index contributed by atoms with van der Waals surface area (Å²) in [5.74, 6) is 0.220. The van der Waals surface area contributed by atoms with E-state index in [4.69, 9.17) is 10.2 Å². The van der Waals surface area contributed by atoms with Crippen LogP contribution in [0.3, 0.4) is 0 Å². The lowest BCUT2D eigenvalue weighted by Crippen LogP contribution is -2.32. The van der Waals surface area contributed by atoms with Crippen LogP contribution in [0.2, 0.25) is 0 Å². The Morgan fingerprint density at radius 3 is 2.55 bits per heavy atom. The molecule has 11 heavy (non-hydrogen) atoms. The highest BCUT2D eigenvalue weighted by Crippen LogP contribution is 2.29. The lowest BCUT2D eigenvalue weighted by molar-refractivity contribution is 0.0796. The Hall–Kier alpha value is 0.170. The van der Waals surface area contributed by atoms with Gasteiger partial charge in [0.15, 0.2) is 0 Å². The van der Waals surface area contributed by atoms with Crippen molar-refractivity contribution in [2.75, 3.05) is 26.3 Å². The molecule has 4 heteroatoms. The molecule has 0 bridgehead atoms. The van der Waals surface area contributed by atoms with Gasteiger partial charge in [0.25, 0.3) is 0 Å². The average molecular weight is 182 g/mol. The molecule has 1 heterocycles. The molecular formula is C7H16ClNO2. The predicted molar refractivity (Wildman–Crippen MR) is 45.9 cm³/mol. The maximum Gasteiger partial charge on any atom is 0.0500 e. The van der Waals surface area contributed by atoms with Gasteiger partial charge in [0.1, 0.15) is 0 Å². The minimum absolute atomic E-state index is 0. The van der Waals surface area contributed by atoms with E-state index in [2.05, 4.69) is 5.32 Å². The zero-order chi connectivity index (χ0) is 7.61. The molecule has 0 saturated carbocycles. The molecule has 2 atom stereocenters. The first kappa shape index (κ1) is 11.2. The smallest absolute Gasteiger partial charge is 0.0500 e. The van der Waals surface area contributed by atoms with E-state index in [1.165, 1.54) is 0 Å². The summed E-state index contributed by atoms with van der Waals surface area (Å²) >= 11 is 0. The Balaban J connectivity index is 0.000001000. The van der Waals surface area contributed by atoms with Crippen LogP contribution in [0.1, 0.15) is 6.92 Å². The predicted octanol–water partition coefficient (Wildman–Crippen LogP) is -0.382. The van der Waals surface area contributed by atoms with Gasteiger partial charge in [0, 0.05) is 31.0 Å². The second-order valence-electron chi connectivity index (χ2n) is 3.32. The van der Waals surface area contributed by atoms with Gasteiger partial charge in [0.05, 0.1) is 6.61 Å². The Morgan fingerprint density at radius 2 is 2.18 bits per heavy atom. The fourth-order valence-electron chi connectivity index (χ4n) is 1.39. The molecule has 1 saturated heterocycles. The Kier molecular flexibility index (Phi) is 4.32. The minimum atomic E-state index is -0.102. The van der Waals surface area contributed by atoms with Crippen LogP contribution in [0.15, 0.2) is 0 Å². The molecule has 2 unspecified atom stereocenters. The summed E-state index contributed by atoms with van der Waals surface area (Å²) in [5.41, 5.74) is -0.102. The highest BCUT2D eigenvalue weighted by Gasteiger charge is 2.37. The summed E-state index contributed by atoms with van der Waals surface area (Å²) in [4.78, 5) is 0. The van der Waals surface area contributed by atoms with Gasteiger partial charge >= 0.3 is 0 Å². The van der Waals surface area contributed by atoms with E-state index < -0.39 is 0 Å². The molecule has 3 N–H and O–H groups in total. The van der Waals surface area contributed by atoms with Crippen molar-refractivity contribution in [2.45, 2.75) is 6.92 Å². The molecule has 0 aromatic heterocycles. The third kappa shape index (κ3) is 2.06. The Morgan fingerprint density at radius 1 is 1.55 bits per heavy atom. The third-order valence-corrected chi connectivity index (χ3v) is 2.49. The molecule has 68 valence electrons. The maximum absolute atomic E-state index is 8.98. The zero-order valence-corrected chi connectivity index (χ0v) is 7.52. The summed E-state index contributed by atoms with van der Waals surface area (Å²) in [6.45, 7) is 3.96. The molecule has 1 aliphatic heterocycles.